The van der Waals surface area contributed by atoms with Crippen LogP contribution < -0.4 is 5.73 Å². The summed E-state index contributed by atoms with van der Waals surface area (Å²) >= 11 is 0. The summed E-state index contributed by atoms with van der Waals surface area (Å²) in [6.07, 6.45) is 2.26. The Balaban J connectivity index is 1.98. The number of likely N-dealkylation sites (tertiary alicyclic amines) is 1. The molecule has 0 spiro atoms. The Morgan fingerprint density at radius 3 is 2.45 bits per heavy atom. The second kappa shape index (κ2) is 4.97. The standard InChI is InChI=1S/C15H28N2O3/c1-5-7-14(19)9-17(10-14)12(18)15(16)8-11(20-6-2)13(15,3)4/h11,19H,5-10,16H2,1-4H3. The smallest absolute Gasteiger partial charge is 0.243 e. The first-order valence-electron chi connectivity index (χ1n) is 7.62. The molecule has 1 saturated heterocycles. The van der Waals surface area contributed by atoms with Crippen LogP contribution in [-0.2, 0) is 9.53 Å². The van der Waals surface area contributed by atoms with Gasteiger partial charge in [0.05, 0.1) is 24.8 Å². The predicted octanol–water partition coefficient (Wildman–Crippen LogP) is 0.892. The molecule has 0 aromatic rings. The molecule has 116 valence electrons. The van der Waals surface area contributed by atoms with Crippen molar-refractivity contribution in [2.45, 2.75) is 64.2 Å². The minimum Gasteiger partial charge on any atom is -0.386 e. The van der Waals surface area contributed by atoms with E-state index in [1.807, 2.05) is 27.7 Å². The average Bonchev–Trinajstić information content (AvgIpc) is 2.34. The van der Waals surface area contributed by atoms with E-state index in [-0.39, 0.29) is 17.4 Å². The van der Waals surface area contributed by atoms with Crippen LogP contribution in [0.2, 0.25) is 0 Å². The quantitative estimate of drug-likeness (QED) is 0.786. The van der Waals surface area contributed by atoms with Gasteiger partial charge in [-0.3, -0.25) is 4.79 Å². The molecule has 0 radical (unpaired) electrons. The molecule has 2 atom stereocenters. The number of β-amino-alcohol motifs (C(OH)–C–C–N with tert-alkyl or cyclic N) is 1. The van der Waals surface area contributed by atoms with Crippen LogP contribution in [0.3, 0.4) is 0 Å². The summed E-state index contributed by atoms with van der Waals surface area (Å²) in [4.78, 5) is 14.3. The van der Waals surface area contributed by atoms with Crippen molar-refractivity contribution in [2.24, 2.45) is 11.1 Å². The molecule has 1 saturated carbocycles. The number of rotatable bonds is 5. The lowest BCUT2D eigenvalue weighted by Crippen LogP contribution is -2.79. The van der Waals surface area contributed by atoms with Gasteiger partial charge in [0.2, 0.25) is 5.91 Å². The molecule has 1 aliphatic heterocycles. The average molecular weight is 284 g/mol. The minimum absolute atomic E-state index is 0.0391. The lowest BCUT2D eigenvalue weighted by molar-refractivity contribution is -0.194. The molecule has 5 nitrogen and oxygen atoms in total. The third-order valence-corrected chi connectivity index (χ3v) is 5.18. The van der Waals surface area contributed by atoms with Crippen LogP contribution in [0.15, 0.2) is 0 Å². The van der Waals surface area contributed by atoms with Gasteiger partial charge < -0.3 is 20.5 Å². The minimum atomic E-state index is -0.861. The topological polar surface area (TPSA) is 75.8 Å². The van der Waals surface area contributed by atoms with Crippen LogP contribution in [0.1, 0.15) is 47.0 Å². The van der Waals surface area contributed by atoms with Gasteiger partial charge in [-0.1, -0.05) is 27.2 Å². The molecule has 1 aliphatic carbocycles. The Hall–Kier alpha value is -0.650. The van der Waals surface area contributed by atoms with Gasteiger partial charge in [0.25, 0.3) is 0 Å². The first kappa shape index (κ1) is 15.7. The molecule has 0 bridgehead atoms. The monoisotopic (exact) mass is 284 g/mol. The van der Waals surface area contributed by atoms with E-state index < -0.39 is 11.1 Å². The van der Waals surface area contributed by atoms with E-state index in [1.54, 1.807) is 4.90 Å². The predicted molar refractivity (Wildman–Crippen MR) is 77.2 cm³/mol. The summed E-state index contributed by atoms with van der Waals surface area (Å²) < 4.78 is 5.65. The third kappa shape index (κ3) is 2.16. The number of hydrogen-bond acceptors (Lipinski definition) is 4. The highest BCUT2D eigenvalue weighted by atomic mass is 16.5. The van der Waals surface area contributed by atoms with Gasteiger partial charge in [-0.05, 0) is 13.3 Å². The zero-order chi connectivity index (χ0) is 15.2. The summed E-state index contributed by atoms with van der Waals surface area (Å²) in [5.74, 6) is -0.0424. The van der Waals surface area contributed by atoms with Crippen molar-refractivity contribution in [2.75, 3.05) is 19.7 Å². The third-order valence-electron chi connectivity index (χ3n) is 5.18. The van der Waals surface area contributed by atoms with E-state index >= 15 is 0 Å². The molecular weight excluding hydrogens is 256 g/mol. The van der Waals surface area contributed by atoms with Crippen molar-refractivity contribution in [1.82, 2.24) is 4.90 Å². The molecule has 0 aromatic heterocycles. The molecular formula is C15H28N2O3. The van der Waals surface area contributed by atoms with E-state index in [4.69, 9.17) is 10.5 Å². The molecule has 2 aliphatic rings. The molecule has 2 unspecified atom stereocenters. The maximum absolute atomic E-state index is 12.6. The fourth-order valence-electron chi connectivity index (χ4n) is 3.51. The van der Waals surface area contributed by atoms with E-state index in [1.165, 1.54) is 0 Å². The number of carbonyl (C=O) groups excluding carboxylic acids is 1. The number of hydrogen-bond donors (Lipinski definition) is 2. The van der Waals surface area contributed by atoms with Crippen molar-refractivity contribution in [1.29, 1.82) is 0 Å². The van der Waals surface area contributed by atoms with Gasteiger partial charge in [0, 0.05) is 18.4 Å². The molecule has 5 heteroatoms. The Kier molecular flexibility index (Phi) is 3.91. The zero-order valence-corrected chi connectivity index (χ0v) is 13.1. The van der Waals surface area contributed by atoms with Crippen molar-refractivity contribution in [3.05, 3.63) is 0 Å². The number of ether oxygens (including phenoxy) is 1. The number of nitrogens with zero attached hydrogens (tertiary/aromatic N) is 1. The first-order valence-corrected chi connectivity index (χ1v) is 7.62. The fraction of sp³-hybridized carbons (Fsp3) is 0.933. The summed E-state index contributed by atoms with van der Waals surface area (Å²) in [7, 11) is 0. The van der Waals surface area contributed by atoms with Gasteiger partial charge in [0.1, 0.15) is 5.54 Å². The van der Waals surface area contributed by atoms with E-state index in [0.717, 1.165) is 12.8 Å². The van der Waals surface area contributed by atoms with Crippen LogP contribution >= 0.6 is 0 Å². The second-order valence-electron chi connectivity index (χ2n) is 6.98. The zero-order valence-electron chi connectivity index (χ0n) is 13.1. The van der Waals surface area contributed by atoms with Gasteiger partial charge in [-0.2, -0.15) is 0 Å². The van der Waals surface area contributed by atoms with Crippen LogP contribution in [0, 0.1) is 5.41 Å². The number of aliphatic hydroxyl groups is 1. The molecule has 2 rings (SSSR count). The summed E-state index contributed by atoms with van der Waals surface area (Å²) in [6, 6.07) is 0. The van der Waals surface area contributed by atoms with E-state index in [0.29, 0.717) is 26.1 Å². The Morgan fingerprint density at radius 2 is 2.00 bits per heavy atom. The van der Waals surface area contributed by atoms with Crippen LogP contribution in [0.4, 0.5) is 0 Å². The lowest BCUT2D eigenvalue weighted by atomic mass is 9.54. The van der Waals surface area contributed by atoms with E-state index in [9.17, 15) is 9.90 Å². The van der Waals surface area contributed by atoms with Gasteiger partial charge in [-0.15, -0.1) is 0 Å². The van der Waals surface area contributed by atoms with Crippen molar-refractivity contribution < 1.29 is 14.6 Å². The van der Waals surface area contributed by atoms with Crippen LogP contribution in [0.25, 0.3) is 0 Å². The normalized spacial score (nSPS) is 34.3. The van der Waals surface area contributed by atoms with Crippen molar-refractivity contribution in [3.63, 3.8) is 0 Å². The second-order valence-corrected chi connectivity index (χ2v) is 6.98. The molecule has 2 fully saturated rings. The van der Waals surface area contributed by atoms with Gasteiger partial charge in [-0.25, -0.2) is 0 Å². The summed E-state index contributed by atoms with van der Waals surface area (Å²) in [5, 5.41) is 10.2. The van der Waals surface area contributed by atoms with Crippen LogP contribution in [0.5, 0.6) is 0 Å². The summed E-state index contributed by atoms with van der Waals surface area (Å²) in [5.41, 5.74) is 4.44. The van der Waals surface area contributed by atoms with Crippen molar-refractivity contribution in [3.8, 4) is 0 Å². The molecule has 3 N–H and O–H groups in total. The molecule has 1 heterocycles. The highest BCUT2D eigenvalue weighted by molar-refractivity contribution is 5.89. The molecule has 20 heavy (non-hydrogen) atoms. The van der Waals surface area contributed by atoms with Gasteiger partial charge >= 0.3 is 0 Å². The fourth-order valence-corrected chi connectivity index (χ4v) is 3.51. The maximum atomic E-state index is 12.6. The molecule has 1 amide bonds. The maximum Gasteiger partial charge on any atom is 0.243 e. The van der Waals surface area contributed by atoms with Crippen LogP contribution in [-0.4, -0.2) is 52.9 Å². The Morgan fingerprint density at radius 1 is 1.40 bits per heavy atom. The lowest BCUT2D eigenvalue weighted by Gasteiger charge is -2.60. The highest BCUT2D eigenvalue weighted by Gasteiger charge is 2.65. The Bertz CT molecular complexity index is 391. The Labute approximate surface area is 121 Å². The highest BCUT2D eigenvalue weighted by Crippen LogP contribution is 2.51. The van der Waals surface area contributed by atoms with Gasteiger partial charge in [0.15, 0.2) is 0 Å². The van der Waals surface area contributed by atoms with E-state index in [2.05, 4.69) is 0 Å². The van der Waals surface area contributed by atoms with Crippen molar-refractivity contribution >= 4 is 5.91 Å². The number of amides is 1. The SMILES string of the molecule is CCCC1(O)CN(C(=O)C2(N)CC(OCC)C2(C)C)C1. The largest absolute Gasteiger partial charge is 0.386 e. The molecule has 0 aromatic carbocycles. The first-order chi connectivity index (χ1) is 9.20. The summed E-state index contributed by atoms with van der Waals surface area (Å²) in [6.45, 7) is 9.43. The number of nitrogens with two attached hydrogens (primary N) is 1. The number of carbonyl (C=O) groups is 1.